The first-order chi connectivity index (χ1) is 16.5. The number of hydroxylamine groups is 1. The van der Waals surface area contributed by atoms with Gasteiger partial charge < -0.3 is 14.3 Å². The standard InChI is InChI=1S/C24H27FN6O3/c1-13(2)22-30-23(34-31-22)14-4-6-15(7-5-14)33-24-16-8-9-26-21(20(16)28-12-29-24)17-11-27-19(32-3)10-18(17)25/h8-15,22,31H,4-7H2,1-3H3. The molecular formula is C24H27FN6O3. The summed E-state index contributed by atoms with van der Waals surface area (Å²) in [5.74, 6) is 1.65. The van der Waals surface area contributed by atoms with Crippen molar-refractivity contribution in [2.75, 3.05) is 7.11 Å². The molecule has 0 bridgehead atoms. The van der Waals surface area contributed by atoms with E-state index in [4.69, 9.17) is 14.3 Å². The quantitative estimate of drug-likeness (QED) is 0.579. The van der Waals surface area contributed by atoms with Crippen LogP contribution in [0.3, 0.4) is 0 Å². The Morgan fingerprint density at radius 2 is 1.94 bits per heavy atom. The average molecular weight is 467 g/mol. The second-order valence-electron chi connectivity index (χ2n) is 8.91. The van der Waals surface area contributed by atoms with Gasteiger partial charge in [0.15, 0.2) is 0 Å². The molecule has 178 valence electrons. The van der Waals surface area contributed by atoms with Gasteiger partial charge in [-0.05, 0) is 37.7 Å². The second-order valence-corrected chi connectivity index (χ2v) is 8.91. The van der Waals surface area contributed by atoms with Gasteiger partial charge in [0.05, 0.1) is 18.1 Å². The Labute approximate surface area is 196 Å². The summed E-state index contributed by atoms with van der Waals surface area (Å²) in [7, 11) is 1.44. The lowest BCUT2D eigenvalue weighted by atomic mass is 9.87. The number of aromatic nitrogens is 4. The lowest BCUT2D eigenvalue weighted by Gasteiger charge is -2.28. The smallest absolute Gasteiger partial charge is 0.224 e. The van der Waals surface area contributed by atoms with Crippen LogP contribution in [0.2, 0.25) is 0 Å². The first-order valence-corrected chi connectivity index (χ1v) is 11.5. The molecule has 5 rings (SSSR count). The molecule has 1 atom stereocenters. The van der Waals surface area contributed by atoms with Crippen LogP contribution in [0.15, 0.2) is 35.8 Å². The zero-order valence-corrected chi connectivity index (χ0v) is 19.4. The molecule has 1 saturated carbocycles. The summed E-state index contributed by atoms with van der Waals surface area (Å²) in [4.78, 5) is 27.5. The number of fused-ring (bicyclic) bond motifs is 1. The van der Waals surface area contributed by atoms with E-state index in [1.54, 1.807) is 12.3 Å². The topological polar surface area (TPSA) is 104 Å². The molecule has 2 aliphatic rings. The van der Waals surface area contributed by atoms with Crippen molar-refractivity contribution < 1.29 is 18.7 Å². The highest BCUT2D eigenvalue weighted by molar-refractivity contribution is 5.93. The Hall–Kier alpha value is -3.40. The van der Waals surface area contributed by atoms with Crippen molar-refractivity contribution in [2.24, 2.45) is 16.8 Å². The highest BCUT2D eigenvalue weighted by atomic mass is 19.1. The second kappa shape index (κ2) is 9.46. The largest absolute Gasteiger partial charge is 0.481 e. The van der Waals surface area contributed by atoms with Gasteiger partial charge in [0.1, 0.15) is 35.6 Å². The zero-order chi connectivity index (χ0) is 23.7. The Bertz CT molecular complexity index is 1210. The van der Waals surface area contributed by atoms with Crippen molar-refractivity contribution in [3.05, 3.63) is 36.7 Å². The molecule has 0 saturated heterocycles. The molecule has 34 heavy (non-hydrogen) atoms. The van der Waals surface area contributed by atoms with Gasteiger partial charge in [-0.1, -0.05) is 13.8 Å². The van der Waals surface area contributed by atoms with Gasteiger partial charge in [-0.3, -0.25) is 4.98 Å². The van der Waals surface area contributed by atoms with E-state index < -0.39 is 5.82 Å². The van der Waals surface area contributed by atoms with Crippen LogP contribution in [0.5, 0.6) is 11.8 Å². The van der Waals surface area contributed by atoms with Crippen molar-refractivity contribution in [1.82, 2.24) is 25.4 Å². The van der Waals surface area contributed by atoms with Gasteiger partial charge in [-0.25, -0.2) is 24.3 Å². The van der Waals surface area contributed by atoms with E-state index in [1.165, 1.54) is 25.7 Å². The lowest BCUT2D eigenvalue weighted by Crippen LogP contribution is -2.30. The van der Waals surface area contributed by atoms with Gasteiger partial charge in [0.2, 0.25) is 17.7 Å². The molecule has 10 heteroatoms. The van der Waals surface area contributed by atoms with Crippen LogP contribution in [-0.2, 0) is 4.84 Å². The minimum atomic E-state index is -0.488. The third kappa shape index (κ3) is 4.37. The Kier molecular flexibility index (Phi) is 6.23. The zero-order valence-electron chi connectivity index (χ0n) is 19.4. The van der Waals surface area contributed by atoms with E-state index in [-0.39, 0.29) is 23.7 Å². The number of aliphatic imine (C=N–C) groups is 1. The molecule has 1 fully saturated rings. The molecule has 0 radical (unpaired) electrons. The number of methoxy groups -OCH3 is 1. The van der Waals surface area contributed by atoms with Crippen molar-refractivity contribution in [2.45, 2.75) is 51.8 Å². The highest BCUT2D eigenvalue weighted by Gasteiger charge is 2.32. The monoisotopic (exact) mass is 466 g/mol. The average Bonchev–Trinajstić information content (AvgIpc) is 3.35. The predicted molar refractivity (Wildman–Crippen MR) is 124 cm³/mol. The number of ether oxygens (including phenoxy) is 2. The summed E-state index contributed by atoms with van der Waals surface area (Å²) < 4.78 is 26.0. The maximum atomic E-state index is 14.7. The Morgan fingerprint density at radius 3 is 2.65 bits per heavy atom. The van der Waals surface area contributed by atoms with Crippen LogP contribution >= 0.6 is 0 Å². The highest BCUT2D eigenvalue weighted by Crippen LogP contribution is 2.34. The minimum absolute atomic E-state index is 0.0150. The van der Waals surface area contributed by atoms with Gasteiger partial charge in [0, 0.05) is 24.4 Å². The fourth-order valence-electron chi connectivity index (χ4n) is 4.33. The van der Waals surface area contributed by atoms with Crippen LogP contribution in [-0.4, -0.2) is 45.2 Å². The van der Waals surface area contributed by atoms with Gasteiger partial charge in [-0.2, -0.15) is 0 Å². The summed E-state index contributed by atoms with van der Waals surface area (Å²) in [5.41, 5.74) is 4.13. The molecular weight excluding hydrogens is 439 g/mol. The molecule has 0 amide bonds. The molecule has 1 aliphatic carbocycles. The maximum Gasteiger partial charge on any atom is 0.224 e. The first-order valence-electron chi connectivity index (χ1n) is 11.5. The Balaban J connectivity index is 1.33. The Morgan fingerprint density at radius 1 is 1.12 bits per heavy atom. The van der Waals surface area contributed by atoms with Gasteiger partial charge in [0.25, 0.3) is 0 Å². The molecule has 9 nitrogen and oxygen atoms in total. The predicted octanol–water partition coefficient (Wildman–Crippen LogP) is 4.09. The van der Waals surface area contributed by atoms with Crippen molar-refractivity contribution in [3.8, 4) is 23.0 Å². The first kappa shape index (κ1) is 22.4. The van der Waals surface area contributed by atoms with E-state index in [0.29, 0.717) is 34.3 Å². The molecule has 0 spiro atoms. The van der Waals surface area contributed by atoms with E-state index in [1.807, 2.05) is 0 Å². The molecule has 4 heterocycles. The molecule has 3 aromatic rings. The van der Waals surface area contributed by atoms with E-state index >= 15 is 0 Å². The number of pyridine rings is 2. The summed E-state index contributed by atoms with van der Waals surface area (Å²) >= 11 is 0. The van der Waals surface area contributed by atoms with Crippen LogP contribution in [0, 0.1) is 17.7 Å². The van der Waals surface area contributed by atoms with Crippen LogP contribution in [0.1, 0.15) is 39.5 Å². The number of hydrogen-bond acceptors (Lipinski definition) is 9. The van der Waals surface area contributed by atoms with E-state index in [9.17, 15) is 4.39 Å². The molecule has 3 aromatic heterocycles. The van der Waals surface area contributed by atoms with Crippen LogP contribution < -0.4 is 15.0 Å². The fraction of sp³-hybridized carbons (Fsp3) is 0.458. The number of nitrogens with zero attached hydrogens (tertiary/aromatic N) is 5. The summed E-state index contributed by atoms with van der Waals surface area (Å²) in [6.45, 7) is 4.23. The minimum Gasteiger partial charge on any atom is -0.481 e. The van der Waals surface area contributed by atoms with E-state index in [2.05, 4.69) is 44.3 Å². The van der Waals surface area contributed by atoms with E-state index in [0.717, 1.165) is 31.6 Å². The number of rotatable bonds is 6. The molecule has 1 unspecified atom stereocenters. The SMILES string of the molecule is COc1cc(F)c(-c2nccc3c(OC4CCC(C5=NC(C(C)C)NO5)CC4)ncnc23)cn1. The van der Waals surface area contributed by atoms with Crippen molar-refractivity contribution in [3.63, 3.8) is 0 Å². The van der Waals surface area contributed by atoms with Crippen LogP contribution in [0.4, 0.5) is 4.39 Å². The third-order valence-corrected chi connectivity index (χ3v) is 6.29. The number of hydrogen-bond donors (Lipinski definition) is 1. The lowest BCUT2D eigenvalue weighted by molar-refractivity contribution is 0.119. The molecule has 1 aliphatic heterocycles. The summed E-state index contributed by atoms with van der Waals surface area (Å²) in [6.07, 6.45) is 8.02. The van der Waals surface area contributed by atoms with Crippen molar-refractivity contribution in [1.29, 1.82) is 0 Å². The summed E-state index contributed by atoms with van der Waals surface area (Å²) in [5, 5.41) is 0.678. The number of halogens is 1. The van der Waals surface area contributed by atoms with Gasteiger partial charge >= 0.3 is 0 Å². The fourth-order valence-corrected chi connectivity index (χ4v) is 4.33. The summed E-state index contributed by atoms with van der Waals surface area (Å²) in [6, 6.07) is 3.01. The molecule has 1 N–H and O–H groups in total. The number of nitrogens with one attached hydrogen (secondary N) is 1. The maximum absolute atomic E-state index is 14.7. The normalized spacial score (nSPS) is 22.5. The van der Waals surface area contributed by atoms with Crippen molar-refractivity contribution >= 4 is 16.8 Å². The van der Waals surface area contributed by atoms with Crippen LogP contribution in [0.25, 0.3) is 22.2 Å². The molecule has 0 aromatic carbocycles. The third-order valence-electron chi connectivity index (χ3n) is 6.29. The van der Waals surface area contributed by atoms with Gasteiger partial charge in [-0.15, -0.1) is 5.48 Å².